The number of piperidine rings is 1. The summed E-state index contributed by atoms with van der Waals surface area (Å²) in [6.07, 6.45) is 13.6. The van der Waals surface area contributed by atoms with Gasteiger partial charge in [-0.2, -0.15) is 0 Å². The normalized spacial score (nSPS) is 50.1. The molecule has 7 nitrogen and oxygen atoms in total. The van der Waals surface area contributed by atoms with E-state index in [9.17, 15) is 9.59 Å². The fourth-order valence-electron chi connectivity index (χ4n) is 12.0. The lowest BCUT2D eigenvalue weighted by molar-refractivity contribution is -0.195. The number of hydrogen-bond acceptors (Lipinski definition) is 5. The van der Waals surface area contributed by atoms with Crippen molar-refractivity contribution >= 4 is 11.8 Å². The van der Waals surface area contributed by atoms with Gasteiger partial charge in [-0.05, 0) is 98.2 Å². The van der Waals surface area contributed by atoms with Crippen LogP contribution in [0, 0.1) is 51.8 Å². The van der Waals surface area contributed by atoms with Crippen LogP contribution in [-0.2, 0) is 19.1 Å². The molecule has 232 valence electrons. The molecule has 0 aromatic heterocycles. The largest absolute Gasteiger partial charge is 0.380 e. The Balaban J connectivity index is 0.912. The molecule has 8 aliphatic rings. The molecule has 7 heteroatoms. The zero-order chi connectivity index (χ0) is 29.1. The predicted octanol–water partition coefficient (Wildman–Crippen LogP) is 4.66. The maximum atomic E-state index is 12.9. The summed E-state index contributed by atoms with van der Waals surface area (Å²) in [5, 5.41) is 7.15. The van der Waals surface area contributed by atoms with Crippen LogP contribution in [0.1, 0.15) is 91.9 Å². The Bertz CT molecular complexity index is 1160. The molecule has 11 atom stereocenters. The van der Waals surface area contributed by atoms with Gasteiger partial charge in [0, 0.05) is 31.6 Å². The summed E-state index contributed by atoms with van der Waals surface area (Å²) in [7, 11) is 0. The van der Waals surface area contributed by atoms with Crippen LogP contribution in [0.4, 0.5) is 0 Å². The van der Waals surface area contributed by atoms with Crippen molar-refractivity contribution < 1.29 is 19.1 Å². The highest BCUT2D eigenvalue weighted by Gasteiger charge is 2.68. The van der Waals surface area contributed by atoms with Gasteiger partial charge in [0.1, 0.15) is 12.1 Å². The first kappa shape index (κ1) is 28.1. The molecule has 0 bridgehead atoms. The third-order valence-corrected chi connectivity index (χ3v) is 14.5. The third kappa shape index (κ3) is 4.00. The standard InChI is InChI=1S/C35H53N3O4/c1-21-7-12-35(36-16-21)22(2)31-28(42-35)14-27-25-6-5-23-13-24(8-10-32(23,3)26(25)9-11-33(27,31)4)37-29(39)15-30(40)38-17-34(18-38)19-41-20-34/h5,21-22,24-28,31,36H,6-20H2,1-4H3,(H,37,39)/t21-,22+,24+,25-,26+,27+,28+,31+,32+,33+,35-/m1/s1. The lowest BCUT2D eigenvalue weighted by Gasteiger charge is -2.58. The average molecular weight is 580 g/mol. The minimum absolute atomic E-state index is 0.0205. The first-order valence-corrected chi connectivity index (χ1v) is 17.3. The number of nitrogens with zero attached hydrogens (tertiary/aromatic N) is 1. The van der Waals surface area contributed by atoms with Gasteiger partial charge in [0.2, 0.25) is 11.8 Å². The van der Waals surface area contributed by atoms with Crippen LogP contribution in [0.3, 0.4) is 0 Å². The summed E-state index contributed by atoms with van der Waals surface area (Å²) in [5.74, 6) is 4.09. The van der Waals surface area contributed by atoms with Crippen molar-refractivity contribution in [3.63, 3.8) is 0 Å². The van der Waals surface area contributed by atoms with E-state index in [1.165, 1.54) is 38.5 Å². The molecule has 4 aliphatic heterocycles. The number of hydrogen-bond donors (Lipinski definition) is 2. The van der Waals surface area contributed by atoms with Crippen molar-refractivity contribution in [3.05, 3.63) is 11.6 Å². The van der Waals surface area contributed by atoms with Crippen LogP contribution in [0.25, 0.3) is 0 Å². The first-order chi connectivity index (χ1) is 20.0. The molecule has 0 unspecified atom stereocenters. The predicted molar refractivity (Wildman–Crippen MR) is 160 cm³/mol. The van der Waals surface area contributed by atoms with E-state index in [0.29, 0.717) is 23.4 Å². The number of carbonyl (C=O) groups is 2. The van der Waals surface area contributed by atoms with Gasteiger partial charge in [-0.3, -0.25) is 14.9 Å². The Kier molecular flexibility index (Phi) is 6.37. The van der Waals surface area contributed by atoms with E-state index in [2.05, 4.69) is 44.4 Å². The van der Waals surface area contributed by atoms with Crippen LogP contribution >= 0.6 is 0 Å². The summed E-state index contributed by atoms with van der Waals surface area (Å²) in [6.45, 7) is 14.1. The van der Waals surface area contributed by atoms with Crippen molar-refractivity contribution in [1.29, 1.82) is 0 Å². The van der Waals surface area contributed by atoms with E-state index in [1.807, 2.05) is 4.90 Å². The van der Waals surface area contributed by atoms with E-state index in [4.69, 9.17) is 9.47 Å². The molecule has 4 heterocycles. The molecule has 0 aromatic rings. The summed E-state index contributed by atoms with van der Waals surface area (Å²) < 4.78 is 12.4. The molecular weight excluding hydrogens is 526 g/mol. The second kappa shape index (κ2) is 9.53. The highest BCUT2D eigenvalue weighted by atomic mass is 16.5. The van der Waals surface area contributed by atoms with Crippen molar-refractivity contribution in [2.45, 2.75) is 110 Å². The van der Waals surface area contributed by atoms with E-state index in [0.717, 1.165) is 75.8 Å². The van der Waals surface area contributed by atoms with Gasteiger partial charge in [-0.15, -0.1) is 0 Å². The fraction of sp³-hybridized carbons (Fsp3) is 0.886. The number of allylic oxidation sites excluding steroid dienone is 1. The van der Waals surface area contributed by atoms with Gasteiger partial charge < -0.3 is 19.7 Å². The molecule has 7 fully saturated rings. The Morgan fingerprint density at radius 1 is 1.07 bits per heavy atom. The molecule has 4 aliphatic carbocycles. The molecule has 2 spiro atoms. The Morgan fingerprint density at radius 3 is 2.60 bits per heavy atom. The summed E-state index contributed by atoms with van der Waals surface area (Å²) >= 11 is 0. The Hall–Kier alpha value is -1.44. The molecule has 2 N–H and O–H groups in total. The zero-order valence-electron chi connectivity index (χ0n) is 26.4. The molecule has 8 rings (SSSR count). The van der Waals surface area contributed by atoms with Gasteiger partial charge in [0.05, 0.1) is 24.7 Å². The van der Waals surface area contributed by atoms with Crippen molar-refractivity contribution in [3.8, 4) is 0 Å². The van der Waals surface area contributed by atoms with E-state index in [-0.39, 0.29) is 40.8 Å². The number of carbonyl (C=O) groups excluding carboxylic acids is 2. The second-order valence-electron chi connectivity index (χ2n) is 16.9. The van der Waals surface area contributed by atoms with E-state index < -0.39 is 0 Å². The highest BCUT2D eigenvalue weighted by molar-refractivity contribution is 5.97. The van der Waals surface area contributed by atoms with Crippen molar-refractivity contribution in [2.24, 2.45) is 51.8 Å². The molecule has 0 radical (unpaired) electrons. The monoisotopic (exact) mass is 579 g/mol. The quantitative estimate of drug-likeness (QED) is 0.376. The number of fused-ring (bicyclic) bond motifs is 7. The highest BCUT2D eigenvalue weighted by Crippen LogP contribution is 2.70. The van der Waals surface area contributed by atoms with Gasteiger partial charge in [0.15, 0.2) is 0 Å². The summed E-state index contributed by atoms with van der Waals surface area (Å²) in [6, 6.07) is 0.153. The Morgan fingerprint density at radius 2 is 1.88 bits per heavy atom. The van der Waals surface area contributed by atoms with Gasteiger partial charge in [0.25, 0.3) is 0 Å². The summed E-state index contributed by atoms with van der Waals surface area (Å²) in [5.41, 5.74) is 2.30. The maximum absolute atomic E-state index is 12.9. The van der Waals surface area contributed by atoms with Crippen LogP contribution in [0.5, 0.6) is 0 Å². The number of nitrogens with one attached hydrogen (secondary N) is 2. The van der Waals surface area contributed by atoms with Gasteiger partial charge in [-0.25, -0.2) is 0 Å². The minimum Gasteiger partial charge on any atom is -0.380 e. The zero-order valence-corrected chi connectivity index (χ0v) is 26.4. The van der Waals surface area contributed by atoms with Crippen LogP contribution in [0.15, 0.2) is 11.6 Å². The fourth-order valence-corrected chi connectivity index (χ4v) is 12.0. The summed E-state index contributed by atoms with van der Waals surface area (Å²) in [4.78, 5) is 27.4. The topological polar surface area (TPSA) is 79.9 Å². The number of rotatable bonds is 3. The molecular formula is C35H53N3O4. The third-order valence-electron chi connectivity index (χ3n) is 14.5. The van der Waals surface area contributed by atoms with E-state index >= 15 is 0 Å². The van der Waals surface area contributed by atoms with Gasteiger partial charge >= 0.3 is 0 Å². The minimum atomic E-state index is -0.103. The Labute approximate surface area is 252 Å². The smallest absolute Gasteiger partial charge is 0.232 e. The second-order valence-corrected chi connectivity index (χ2v) is 16.9. The average Bonchev–Trinajstić information content (AvgIpc) is 3.34. The molecule has 3 saturated carbocycles. The number of amides is 2. The molecule has 0 aromatic carbocycles. The van der Waals surface area contributed by atoms with Crippen molar-refractivity contribution in [2.75, 3.05) is 32.8 Å². The van der Waals surface area contributed by atoms with Crippen molar-refractivity contribution in [1.82, 2.24) is 15.5 Å². The van der Waals surface area contributed by atoms with Crippen LogP contribution in [-0.4, -0.2) is 67.4 Å². The van der Waals surface area contributed by atoms with Gasteiger partial charge in [-0.1, -0.05) is 39.3 Å². The maximum Gasteiger partial charge on any atom is 0.232 e. The first-order valence-electron chi connectivity index (χ1n) is 17.3. The van der Waals surface area contributed by atoms with Crippen LogP contribution in [0.2, 0.25) is 0 Å². The van der Waals surface area contributed by atoms with E-state index in [1.54, 1.807) is 5.57 Å². The number of ether oxygens (including phenoxy) is 2. The molecule has 4 saturated heterocycles. The number of likely N-dealkylation sites (tertiary alicyclic amines) is 1. The lowest BCUT2D eigenvalue weighted by Crippen LogP contribution is -2.67. The molecule has 42 heavy (non-hydrogen) atoms. The molecule has 2 amide bonds. The lowest BCUT2D eigenvalue weighted by atomic mass is 9.46. The van der Waals surface area contributed by atoms with Crippen LogP contribution < -0.4 is 10.6 Å². The SMILES string of the molecule is C[C@@H]1CC[C@@]2(NC1)O[C@H]1C[C@H]3[C@@H]4CC=C5C[C@@H](NC(=O)CC(=O)N6CC7(COC7)C6)CC[C@]5(C)[C@H]4CC[C@]3(C)[C@H]1[C@@H]2C.